The monoisotopic (exact) mass is 478 g/mol. The minimum atomic E-state index is -0.132. The lowest BCUT2D eigenvalue weighted by Crippen LogP contribution is -2.28. The van der Waals surface area contributed by atoms with Gasteiger partial charge in [-0.05, 0) is 31.9 Å². The maximum atomic E-state index is 13.5. The van der Waals surface area contributed by atoms with E-state index in [0.29, 0.717) is 58.2 Å². The van der Waals surface area contributed by atoms with Crippen molar-refractivity contribution in [2.45, 2.75) is 43.3 Å². The number of rotatable bonds is 6. The molecule has 2 aromatic heterocycles. The van der Waals surface area contributed by atoms with Crippen LogP contribution in [0.15, 0.2) is 50.9 Å². The average molecular weight is 479 g/mol. The van der Waals surface area contributed by atoms with Crippen LogP contribution in [0.3, 0.4) is 0 Å². The van der Waals surface area contributed by atoms with Gasteiger partial charge in [-0.25, -0.2) is 4.98 Å². The van der Waals surface area contributed by atoms with Gasteiger partial charge in [0.05, 0.1) is 29.3 Å². The van der Waals surface area contributed by atoms with Gasteiger partial charge >= 0.3 is 0 Å². The maximum Gasteiger partial charge on any atom is 0.262 e. The minimum absolute atomic E-state index is 0.0124. The van der Waals surface area contributed by atoms with Crippen molar-refractivity contribution in [1.82, 2.24) is 19.7 Å². The Hall–Kier alpha value is -3.37. The predicted molar refractivity (Wildman–Crippen MR) is 125 cm³/mol. The van der Waals surface area contributed by atoms with Crippen LogP contribution in [0.4, 0.5) is 0 Å². The molecule has 0 bridgehead atoms. The van der Waals surface area contributed by atoms with Crippen LogP contribution in [0.5, 0.6) is 11.5 Å². The topological polar surface area (TPSA) is 102 Å². The second-order valence-electron chi connectivity index (χ2n) is 8.34. The number of benzene rings is 2. The third-order valence-electron chi connectivity index (χ3n) is 5.89. The third kappa shape index (κ3) is 4.03. The highest BCUT2D eigenvalue weighted by Crippen LogP contribution is 2.35. The van der Waals surface area contributed by atoms with Gasteiger partial charge < -0.3 is 18.7 Å². The average Bonchev–Trinajstić information content (AvgIpc) is 3.61. The van der Waals surface area contributed by atoms with E-state index in [9.17, 15) is 4.79 Å². The summed E-state index contributed by atoms with van der Waals surface area (Å²) in [5.41, 5.74) is 2.45. The van der Waals surface area contributed by atoms with Crippen LogP contribution in [-0.4, -0.2) is 39.2 Å². The zero-order valence-electron chi connectivity index (χ0n) is 18.5. The third-order valence-corrected chi connectivity index (χ3v) is 6.85. The molecular weight excluding hydrogens is 456 g/mol. The summed E-state index contributed by atoms with van der Waals surface area (Å²) in [7, 11) is 0. The molecule has 4 heterocycles. The number of hydrogen-bond acceptors (Lipinski definition) is 9. The molecule has 1 unspecified atom stereocenters. The van der Waals surface area contributed by atoms with Crippen LogP contribution in [0, 0.1) is 6.92 Å². The van der Waals surface area contributed by atoms with E-state index >= 15 is 0 Å². The van der Waals surface area contributed by atoms with Crippen molar-refractivity contribution in [3.05, 3.63) is 58.2 Å². The van der Waals surface area contributed by atoms with E-state index < -0.39 is 0 Å². The quantitative estimate of drug-likeness (QED) is 0.301. The molecule has 1 fully saturated rings. The van der Waals surface area contributed by atoms with Crippen LogP contribution in [0.2, 0.25) is 0 Å². The van der Waals surface area contributed by atoms with Gasteiger partial charge in [0.15, 0.2) is 16.7 Å². The molecule has 0 N–H and O–H groups in total. The summed E-state index contributed by atoms with van der Waals surface area (Å²) in [6.07, 6.45) is 1.89. The van der Waals surface area contributed by atoms with Gasteiger partial charge in [0.25, 0.3) is 5.56 Å². The molecule has 174 valence electrons. The Morgan fingerprint density at radius 1 is 1.15 bits per heavy atom. The lowest BCUT2D eigenvalue weighted by Gasteiger charge is -2.16. The van der Waals surface area contributed by atoms with Gasteiger partial charge in [0, 0.05) is 18.2 Å². The fraction of sp³-hybridized carbons (Fsp3) is 0.333. The molecule has 4 aromatic rings. The van der Waals surface area contributed by atoms with Gasteiger partial charge in [-0.15, -0.1) is 0 Å². The maximum absolute atomic E-state index is 13.5. The molecular formula is C24H22N4O5S. The van der Waals surface area contributed by atoms with E-state index in [4.69, 9.17) is 23.7 Å². The molecule has 0 aliphatic carbocycles. The van der Waals surface area contributed by atoms with Crippen LogP contribution in [0.1, 0.15) is 24.3 Å². The SMILES string of the molecule is Cc1cccc(-c2noc(CSc3nc4cc5c(cc4c(=O)n3CC3CCCO3)OCO5)n2)c1. The fourth-order valence-corrected chi connectivity index (χ4v) is 5.04. The normalized spacial score (nSPS) is 17.0. The van der Waals surface area contributed by atoms with E-state index in [0.717, 1.165) is 24.0 Å². The van der Waals surface area contributed by atoms with Crippen LogP contribution >= 0.6 is 11.8 Å². The van der Waals surface area contributed by atoms with Crippen molar-refractivity contribution in [1.29, 1.82) is 0 Å². The number of thioether (sulfide) groups is 1. The van der Waals surface area contributed by atoms with Crippen molar-refractivity contribution in [3.8, 4) is 22.9 Å². The van der Waals surface area contributed by atoms with Crippen molar-refractivity contribution in [2.24, 2.45) is 0 Å². The van der Waals surface area contributed by atoms with Crippen molar-refractivity contribution >= 4 is 22.7 Å². The molecule has 0 radical (unpaired) electrons. The Labute approximate surface area is 199 Å². The highest BCUT2D eigenvalue weighted by molar-refractivity contribution is 7.98. The first kappa shape index (κ1) is 21.2. The zero-order chi connectivity index (χ0) is 23.1. The number of fused-ring (bicyclic) bond motifs is 2. The van der Waals surface area contributed by atoms with Gasteiger partial charge in [-0.3, -0.25) is 9.36 Å². The first-order valence-corrected chi connectivity index (χ1v) is 12.1. The van der Waals surface area contributed by atoms with Crippen LogP contribution in [0.25, 0.3) is 22.3 Å². The number of aromatic nitrogens is 4. The summed E-state index contributed by atoms with van der Waals surface area (Å²) >= 11 is 1.39. The molecule has 34 heavy (non-hydrogen) atoms. The molecule has 6 rings (SSSR count). The van der Waals surface area contributed by atoms with Gasteiger partial charge in [-0.2, -0.15) is 4.98 Å². The predicted octanol–water partition coefficient (Wildman–Crippen LogP) is 3.95. The van der Waals surface area contributed by atoms with Crippen molar-refractivity contribution in [3.63, 3.8) is 0 Å². The molecule has 10 heteroatoms. The number of ether oxygens (including phenoxy) is 3. The Bertz CT molecular complexity index is 1430. The summed E-state index contributed by atoms with van der Waals surface area (Å²) in [4.78, 5) is 22.8. The van der Waals surface area contributed by atoms with Crippen LogP contribution < -0.4 is 15.0 Å². The number of hydrogen-bond donors (Lipinski definition) is 0. The largest absolute Gasteiger partial charge is 0.454 e. The summed E-state index contributed by atoms with van der Waals surface area (Å²) in [5, 5.41) is 5.18. The molecule has 2 aliphatic rings. The van der Waals surface area contributed by atoms with E-state index in [1.807, 2.05) is 31.2 Å². The smallest absolute Gasteiger partial charge is 0.262 e. The lowest BCUT2D eigenvalue weighted by atomic mass is 10.1. The van der Waals surface area contributed by atoms with Gasteiger partial charge in [0.2, 0.25) is 18.5 Å². The first-order chi connectivity index (χ1) is 16.6. The molecule has 0 amide bonds. The summed E-state index contributed by atoms with van der Waals surface area (Å²) in [5.74, 6) is 2.53. The second-order valence-corrected chi connectivity index (χ2v) is 9.28. The molecule has 2 aliphatic heterocycles. The Kier molecular flexibility index (Phi) is 5.46. The standard InChI is InChI=1S/C24H22N4O5S/c1-14-4-2-5-15(8-14)22-26-21(33-27-22)12-34-24-25-18-10-20-19(31-13-32-20)9-17(18)23(29)28(24)11-16-6-3-7-30-16/h2,4-5,8-10,16H,3,6-7,11-13H2,1H3. The van der Waals surface area contributed by atoms with Crippen molar-refractivity contribution < 1.29 is 18.7 Å². The van der Waals surface area contributed by atoms with Gasteiger partial charge in [0.1, 0.15) is 0 Å². The van der Waals surface area contributed by atoms with E-state index in [2.05, 4.69) is 10.1 Å². The van der Waals surface area contributed by atoms with E-state index in [1.165, 1.54) is 11.8 Å². The van der Waals surface area contributed by atoms with Gasteiger partial charge in [-0.1, -0.05) is 40.7 Å². The highest BCUT2D eigenvalue weighted by atomic mass is 32.2. The summed E-state index contributed by atoms with van der Waals surface area (Å²) in [6.45, 7) is 3.31. The van der Waals surface area contributed by atoms with Crippen molar-refractivity contribution in [2.75, 3.05) is 13.4 Å². The second kappa shape index (κ2) is 8.77. The minimum Gasteiger partial charge on any atom is -0.454 e. The molecule has 1 atom stereocenters. The van der Waals surface area contributed by atoms with E-state index in [-0.39, 0.29) is 18.5 Å². The molecule has 2 aromatic carbocycles. The molecule has 9 nitrogen and oxygen atoms in total. The molecule has 0 saturated carbocycles. The number of aryl methyl sites for hydroxylation is 1. The zero-order valence-corrected chi connectivity index (χ0v) is 19.3. The Morgan fingerprint density at radius 2 is 2.03 bits per heavy atom. The van der Waals surface area contributed by atoms with E-state index in [1.54, 1.807) is 16.7 Å². The Morgan fingerprint density at radius 3 is 2.85 bits per heavy atom. The molecule has 1 saturated heterocycles. The molecule has 0 spiro atoms. The number of nitrogens with zero attached hydrogens (tertiary/aromatic N) is 4. The van der Waals surface area contributed by atoms with Crippen LogP contribution in [-0.2, 0) is 17.0 Å². The Balaban J connectivity index is 1.32. The summed E-state index contributed by atoms with van der Waals surface area (Å²) < 4.78 is 23.9. The lowest BCUT2D eigenvalue weighted by molar-refractivity contribution is 0.0937. The highest BCUT2D eigenvalue weighted by Gasteiger charge is 2.23. The fourth-order valence-electron chi connectivity index (χ4n) is 4.20. The summed E-state index contributed by atoms with van der Waals surface area (Å²) in [6, 6.07) is 11.4. The first-order valence-electron chi connectivity index (χ1n) is 11.1.